The van der Waals surface area contributed by atoms with Crippen LogP contribution >= 0.6 is 23.1 Å². The zero-order valence-corrected chi connectivity index (χ0v) is 23.4. The highest BCUT2D eigenvalue weighted by Gasteiger charge is 2.47. The molecule has 41 heavy (non-hydrogen) atoms. The third-order valence-corrected chi connectivity index (χ3v) is 8.83. The Hall–Kier alpha value is -3.54. The van der Waals surface area contributed by atoms with Gasteiger partial charge in [0.15, 0.2) is 0 Å². The number of benzene rings is 1. The zero-order valence-electron chi connectivity index (χ0n) is 21.9. The molecular formula is C29H26ClF3N6OS. The summed E-state index contributed by atoms with van der Waals surface area (Å²) < 4.78 is 43.9. The molecule has 12 heteroatoms. The van der Waals surface area contributed by atoms with E-state index in [4.69, 9.17) is 11.6 Å². The van der Waals surface area contributed by atoms with Crippen LogP contribution in [0.1, 0.15) is 35.2 Å². The molecular weight excluding hydrogens is 573 g/mol. The molecule has 1 N–H and O–H groups in total. The van der Waals surface area contributed by atoms with Crippen LogP contribution in [-0.4, -0.2) is 51.5 Å². The molecule has 1 saturated heterocycles. The number of amides is 2. The molecule has 0 unspecified atom stereocenters. The summed E-state index contributed by atoms with van der Waals surface area (Å²) in [6.45, 7) is 3.23. The molecule has 6 rings (SSSR count). The number of piperidine rings is 1. The minimum atomic E-state index is -4.40. The molecule has 0 saturated carbocycles. The summed E-state index contributed by atoms with van der Waals surface area (Å²) in [6, 6.07) is 9.88. The lowest BCUT2D eigenvalue weighted by Crippen LogP contribution is -2.47. The van der Waals surface area contributed by atoms with Crippen molar-refractivity contribution in [3.05, 3.63) is 88.6 Å². The number of likely N-dealkylation sites (tertiary alicyclic amines) is 1. The first-order valence-electron chi connectivity index (χ1n) is 13.2. The van der Waals surface area contributed by atoms with Crippen molar-refractivity contribution in [3.8, 4) is 0 Å². The number of pyridine rings is 2. The summed E-state index contributed by atoms with van der Waals surface area (Å²) in [6.07, 6.45) is 5.40. The number of alkyl halides is 3. The Morgan fingerprint density at radius 3 is 2.68 bits per heavy atom. The Kier molecular flexibility index (Phi) is 7.43. The van der Waals surface area contributed by atoms with Crippen LogP contribution in [-0.2, 0) is 18.1 Å². The smallest absolute Gasteiger partial charge is 0.334 e. The number of halogens is 4. The van der Waals surface area contributed by atoms with Gasteiger partial charge >= 0.3 is 12.2 Å². The van der Waals surface area contributed by atoms with Crippen LogP contribution in [0.25, 0.3) is 16.2 Å². The fraction of sp³-hybridized carbons (Fsp3) is 0.310. The number of carbonyl (C=O) groups excluding carboxylic acids is 1. The van der Waals surface area contributed by atoms with E-state index in [0.29, 0.717) is 30.5 Å². The second-order valence-corrected chi connectivity index (χ2v) is 11.6. The molecule has 1 spiro atoms. The predicted octanol–water partition coefficient (Wildman–Crippen LogP) is 6.54. The quantitative estimate of drug-likeness (QED) is 0.264. The van der Waals surface area contributed by atoms with Gasteiger partial charge in [-0.2, -0.15) is 17.5 Å². The maximum Gasteiger partial charge on any atom is 0.417 e. The highest BCUT2D eigenvalue weighted by Crippen LogP contribution is 2.50. The van der Waals surface area contributed by atoms with Crippen LogP contribution in [0.4, 0.5) is 23.7 Å². The fourth-order valence-electron chi connectivity index (χ4n) is 5.75. The Morgan fingerprint density at radius 1 is 1.12 bits per heavy atom. The molecule has 4 aromatic rings. The number of nitrogens with one attached hydrogen (secondary N) is 1. The molecule has 0 radical (unpaired) electrons. The van der Waals surface area contributed by atoms with Gasteiger partial charge in [-0.05, 0) is 91.1 Å². The van der Waals surface area contributed by atoms with E-state index in [1.54, 1.807) is 18.3 Å². The number of hydrogen-bond acceptors (Lipinski definition) is 6. The SMILES string of the molecule is O=C(NCc1ccnc(Cl)c1)N1CC2(CCN(C/C=C/c3ccc(C(F)(F)F)cn3)CC2)c2c1ccc1sncc21. The lowest BCUT2D eigenvalue weighted by atomic mass is 9.73. The molecule has 7 nitrogen and oxygen atoms in total. The first-order chi connectivity index (χ1) is 19.7. The Bertz CT molecular complexity index is 1600. The summed E-state index contributed by atoms with van der Waals surface area (Å²) >= 11 is 7.46. The highest BCUT2D eigenvalue weighted by molar-refractivity contribution is 7.13. The number of aromatic nitrogens is 3. The van der Waals surface area contributed by atoms with E-state index >= 15 is 0 Å². The van der Waals surface area contributed by atoms with E-state index in [1.165, 1.54) is 23.2 Å². The average Bonchev–Trinajstić information content (AvgIpc) is 3.56. The maximum atomic E-state index is 13.4. The molecule has 3 aromatic heterocycles. The van der Waals surface area contributed by atoms with Crippen molar-refractivity contribution in [1.29, 1.82) is 0 Å². The van der Waals surface area contributed by atoms with Gasteiger partial charge in [-0.25, -0.2) is 9.78 Å². The standard InChI is InChI=1S/C29H26ClF3N6OS/c30-25-14-19(7-10-34-25)15-36-27(40)39-18-28(26-22-17-37-41-24(22)6-5-23(26)39)8-12-38(13-9-28)11-1-2-21-4-3-20(16-35-21)29(31,32)33/h1-7,10,14,16-17H,8-9,11-13,15,18H2,(H,36,40)/b2-1+. The Labute approximate surface area is 243 Å². The van der Waals surface area contributed by atoms with Crippen molar-refractivity contribution < 1.29 is 18.0 Å². The van der Waals surface area contributed by atoms with Crippen LogP contribution in [0.5, 0.6) is 0 Å². The molecule has 212 valence electrons. The van der Waals surface area contributed by atoms with Gasteiger partial charge in [-0.15, -0.1) is 0 Å². The zero-order chi connectivity index (χ0) is 28.6. The van der Waals surface area contributed by atoms with E-state index in [-0.39, 0.29) is 11.4 Å². The van der Waals surface area contributed by atoms with Crippen molar-refractivity contribution in [2.24, 2.45) is 0 Å². The van der Waals surface area contributed by atoms with Crippen LogP contribution in [0, 0.1) is 0 Å². The summed E-state index contributed by atoms with van der Waals surface area (Å²) in [5, 5.41) is 4.52. The number of nitrogens with zero attached hydrogens (tertiary/aromatic N) is 5. The van der Waals surface area contributed by atoms with Crippen LogP contribution < -0.4 is 10.2 Å². The third-order valence-electron chi connectivity index (χ3n) is 7.86. The Morgan fingerprint density at radius 2 is 1.95 bits per heavy atom. The van der Waals surface area contributed by atoms with E-state index in [9.17, 15) is 18.0 Å². The van der Waals surface area contributed by atoms with Crippen molar-refractivity contribution in [3.63, 3.8) is 0 Å². The normalized spacial score (nSPS) is 17.0. The summed E-state index contributed by atoms with van der Waals surface area (Å²) in [5.41, 5.74) is 2.52. The van der Waals surface area contributed by atoms with E-state index in [2.05, 4.69) is 24.6 Å². The van der Waals surface area contributed by atoms with Crippen LogP contribution in [0.2, 0.25) is 5.15 Å². The second kappa shape index (κ2) is 11.0. The lowest BCUT2D eigenvalue weighted by Gasteiger charge is -2.39. The largest absolute Gasteiger partial charge is 0.417 e. The Balaban J connectivity index is 1.15. The van der Waals surface area contributed by atoms with Gasteiger partial charge in [0.25, 0.3) is 0 Å². The number of rotatable bonds is 5. The fourth-order valence-corrected chi connectivity index (χ4v) is 6.60. The van der Waals surface area contributed by atoms with Crippen LogP contribution in [0.15, 0.2) is 61.1 Å². The van der Waals surface area contributed by atoms with E-state index < -0.39 is 11.7 Å². The minimum absolute atomic E-state index is 0.159. The number of carbonyl (C=O) groups is 1. The number of anilines is 1. The van der Waals surface area contributed by atoms with Gasteiger partial charge in [0, 0.05) is 49.0 Å². The first-order valence-corrected chi connectivity index (χ1v) is 14.3. The van der Waals surface area contributed by atoms with Crippen molar-refractivity contribution >= 4 is 51.0 Å². The molecule has 1 aromatic carbocycles. The van der Waals surface area contributed by atoms with E-state index in [1.807, 2.05) is 35.4 Å². The van der Waals surface area contributed by atoms with E-state index in [0.717, 1.165) is 59.5 Å². The topological polar surface area (TPSA) is 74.2 Å². The number of fused-ring (bicyclic) bond motifs is 4. The minimum Gasteiger partial charge on any atom is -0.334 e. The summed E-state index contributed by atoms with van der Waals surface area (Å²) in [7, 11) is 0. The molecule has 2 aliphatic heterocycles. The number of hydrogen-bond donors (Lipinski definition) is 1. The van der Waals surface area contributed by atoms with Crippen LogP contribution in [0.3, 0.4) is 0 Å². The van der Waals surface area contributed by atoms with Gasteiger partial charge in [0.2, 0.25) is 0 Å². The van der Waals surface area contributed by atoms with Crippen molar-refractivity contribution in [2.75, 3.05) is 31.1 Å². The van der Waals surface area contributed by atoms with Gasteiger partial charge in [-0.3, -0.25) is 14.8 Å². The van der Waals surface area contributed by atoms with Crippen molar-refractivity contribution in [1.82, 2.24) is 24.6 Å². The van der Waals surface area contributed by atoms with Gasteiger partial charge < -0.3 is 5.32 Å². The molecule has 1 fully saturated rings. The lowest BCUT2D eigenvalue weighted by molar-refractivity contribution is -0.137. The van der Waals surface area contributed by atoms with Gasteiger partial charge in [0.05, 0.1) is 21.6 Å². The molecule has 5 heterocycles. The second-order valence-electron chi connectivity index (χ2n) is 10.4. The number of urea groups is 1. The third kappa shape index (κ3) is 5.66. The first kappa shape index (κ1) is 27.6. The predicted molar refractivity (Wildman–Crippen MR) is 154 cm³/mol. The summed E-state index contributed by atoms with van der Waals surface area (Å²) in [5.74, 6) is 0. The van der Waals surface area contributed by atoms with Crippen molar-refractivity contribution in [2.45, 2.75) is 31.0 Å². The molecule has 2 amide bonds. The molecule has 0 bridgehead atoms. The molecule has 0 atom stereocenters. The highest BCUT2D eigenvalue weighted by atomic mass is 35.5. The molecule has 2 aliphatic rings. The monoisotopic (exact) mass is 598 g/mol. The van der Waals surface area contributed by atoms with Gasteiger partial charge in [-0.1, -0.05) is 17.7 Å². The average molecular weight is 599 g/mol. The van der Waals surface area contributed by atoms with Gasteiger partial charge in [0.1, 0.15) is 5.15 Å². The summed E-state index contributed by atoms with van der Waals surface area (Å²) in [4.78, 5) is 25.5. The molecule has 0 aliphatic carbocycles. The maximum absolute atomic E-state index is 13.4.